The Bertz CT molecular complexity index is 996. The van der Waals surface area contributed by atoms with Gasteiger partial charge in [-0.3, -0.25) is 14.4 Å². The van der Waals surface area contributed by atoms with E-state index in [-0.39, 0.29) is 18.7 Å². The van der Waals surface area contributed by atoms with Crippen molar-refractivity contribution in [2.24, 2.45) is 4.99 Å². The summed E-state index contributed by atoms with van der Waals surface area (Å²) in [4.78, 5) is 44.0. The number of carboxylic acids is 1. The highest BCUT2D eigenvalue weighted by Gasteiger charge is 2.24. The Morgan fingerprint density at radius 1 is 1.28 bits per heavy atom. The first-order valence-electron chi connectivity index (χ1n) is 8.79. The molecule has 0 atom stereocenters. The van der Waals surface area contributed by atoms with Gasteiger partial charge in [-0.25, -0.2) is 9.98 Å². The zero-order valence-corrected chi connectivity index (χ0v) is 17.1. The third kappa shape index (κ3) is 6.00. The number of amides is 2. The van der Waals surface area contributed by atoms with Gasteiger partial charge in [-0.2, -0.15) is 0 Å². The van der Waals surface area contributed by atoms with Gasteiger partial charge in [-0.15, -0.1) is 0 Å². The van der Waals surface area contributed by atoms with Crippen LogP contribution < -0.4 is 10.6 Å². The van der Waals surface area contributed by atoms with E-state index in [0.29, 0.717) is 20.1 Å². The Morgan fingerprint density at radius 3 is 2.72 bits per heavy atom. The molecule has 0 unspecified atom stereocenters. The molecule has 3 N–H and O–H groups in total. The van der Waals surface area contributed by atoms with E-state index >= 15 is 0 Å². The lowest BCUT2D eigenvalue weighted by Gasteiger charge is -1.98. The number of thioether (sulfide) groups is 1. The maximum absolute atomic E-state index is 12.2. The number of carbonyl (C=O) groups is 3. The van der Waals surface area contributed by atoms with Gasteiger partial charge in [0.2, 0.25) is 5.91 Å². The minimum atomic E-state index is -1.03. The van der Waals surface area contributed by atoms with Crippen LogP contribution in [0.2, 0.25) is 0 Å². The van der Waals surface area contributed by atoms with Gasteiger partial charge in [0.05, 0.1) is 21.9 Å². The van der Waals surface area contributed by atoms with Crippen LogP contribution in [0.3, 0.4) is 0 Å². The van der Waals surface area contributed by atoms with Crippen molar-refractivity contribution >= 4 is 62.9 Å². The van der Waals surface area contributed by atoms with E-state index in [2.05, 4.69) is 27.5 Å². The fraction of sp³-hybridized carbons (Fsp3) is 0.211. The molecule has 29 heavy (non-hydrogen) atoms. The van der Waals surface area contributed by atoms with Crippen LogP contribution in [0.15, 0.2) is 40.4 Å². The number of hydrogen-bond acceptors (Lipinski definition) is 7. The summed E-state index contributed by atoms with van der Waals surface area (Å²) >= 11 is 2.42. The van der Waals surface area contributed by atoms with Crippen molar-refractivity contribution in [3.8, 4) is 0 Å². The molecule has 0 radical (unpaired) electrons. The fourth-order valence-corrected chi connectivity index (χ4v) is 4.03. The number of nitrogens with zero attached hydrogens (tertiary/aromatic N) is 2. The minimum Gasteiger partial charge on any atom is -0.481 e. The molecule has 0 spiro atoms. The van der Waals surface area contributed by atoms with Gasteiger partial charge in [-0.05, 0) is 42.0 Å². The molecule has 1 aliphatic heterocycles. The highest BCUT2D eigenvalue weighted by molar-refractivity contribution is 8.18. The van der Waals surface area contributed by atoms with Gasteiger partial charge in [-0.1, -0.05) is 30.4 Å². The molecule has 1 saturated heterocycles. The summed E-state index contributed by atoms with van der Waals surface area (Å²) in [7, 11) is 0. The number of hydrogen-bond donors (Lipinski definition) is 3. The number of aromatic nitrogens is 1. The molecule has 1 fully saturated rings. The summed E-state index contributed by atoms with van der Waals surface area (Å²) < 4.78 is 0. The number of nitrogens with one attached hydrogen (secondary N) is 2. The first kappa shape index (κ1) is 20.7. The van der Waals surface area contributed by atoms with Gasteiger partial charge < -0.3 is 15.7 Å². The normalized spacial score (nSPS) is 16.2. The molecule has 8 nitrogen and oxygen atoms in total. The Kier molecular flexibility index (Phi) is 6.78. The van der Waals surface area contributed by atoms with Crippen molar-refractivity contribution in [3.63, 3.8) is 0 Å². The van der Waals surface area contributed by atoms with Crippen molar-refractivity contribution in [3.05, 3.63) is 45.8 Å². The number of anilines is 1. The number of carboxylic acid groups (broad SMARTS) is 1. The van der Waals surface area contributed by atoms with Gasteiger partial charge in [0.1, 0.15) is 0 Å². The van der Waals surface area contributed by atoms with Gasteiger partial charge >= 0.3 is 5.97 Å². The molecule has 0 saturated carbocycles. The van der Waals surface area contributed by atoms with E-state index in [4.69, 9.17) is 5.11 Å². The van der Waals surface area contributed by atoms with Gasteiger partial charge in [0.15, 0.2) is 10.3 Å². The largest absolute Gasteiger partial charge is 0.481 e. The lowest BCUT2D eigenvalue weighted by atomic mass is 10.2. The van der Waals surface area contributed by atoms with Crippen LogP contribution in [0.25, 0.3) is 6.08 Å². The predicted octanol–water partition coefficient (Wildman–Crippen LogP) is 3.40. The monoisotopic (exact) mass is 430 g/mol. The first-order chi connectivity index (χ1) is 13.9. The molecule has 2 aromatic rings. The zero-order valence-electron chi connectivity index (χ0n) is 15.5. The zero-order chi connectivity index (χ0) is 20.8. The lowest BCUT2D eigenvalue weighted by molar-refractivity contribution is -0.138. The molecule has 1 aliphatic rings. The maximum Gasteiger partial charge on any atom is 0.303 e. The summed E-state index contributed by atoms with van der Waals surface area (Å²) in [5.41, 5.74) is 1.98. The molecule has 150 valence electrons. The Morgan fingerprint density at radius 2 is 2.03 bits per heavy atom. The number of aryl methyl sites for hydroxylation is 1. The third-order valence-corrected chi connectivity index (χ3v) is 5.60. The number of aliphatic carboxylic acids is 1. The molecular formula is C19H18N4O4S2. The van der Waals surface area contributed by atoms with Gasteiger partial charge in [0.25, 0.3) is 5.91 Å². The van der Waals surface area contributed by atoms with E-state index in [1.165, 1.54) is 34.9 Å². The number of benzene rings is 1. The molecule has 2 amide bonds. The second-order valence-corrected chi connectivity index (χ2v) is 8.10. The van der Waals surface area contributed by atoms with Crippen molar-refractivity contribution in [2.45, 2.75) is 26.2 Å². The maximum atomic E-state index is 12.2. The van der Waals surface area contributed by atoms with Crippen LogP contribution in [-0.4, -0.2) is 33.0 Å². The van der Waals surface area contributed by atoms with Crippen molar-refractivity contribution in [1.29, 1.82) is 0 Å². The smallest absolute Gasteiger partial charge is 0.303 e. The summed E-state index contributed by atoms with van der Waals surface area (Å²) in [6.45, 7) is 2.08. The van der Waals surface area contributed by atoms with Crippen molar-refractivity contribution < 1.29 is 19.5 Å². The highest BCUT2D eigenvalue weighted by atomic mass is 32.2. The van der Waals surface area contributed by atoms with Crippen LogP contribution in [0, 0.1) is 0 Å². The summed E-state index contributed by atoms with van der Waals surface area (Å²) in [5.74, 6) is -1.70. The van der Waals surface area contributed by atoms with E-state index in [1.807, 2.05) is 24.3 Å². The van der Waals surface area contributed by atoms with E-state index in [1.54, 1.807) is 6.08 Å². The van der Waals surface area contributed by atoms with Crippen LogP contribution in [0.1, 0.15) is 30.2 Å². The Balaban J connectivity index is 1.64. The molecular weight excluding hydrogens is 412 g/mol. The van der Waals surface area contributed by atoms with E-state index < -0.39 is 11.9 Å². The van der Waals surface area contributed by atoms with Crippen LogP contribution >= 0.6 is 23.1 Å². The van der Waals surface area contributed by atoms with Gasteiger partial charge in [0, 0.05) is 12.6 Å². The number of carbonyl (C=O) groups excluding carboxylic acids is 2. The molecule has 1 aromatic carbocycles. The predicted molar refractivity (Wildman–Crippen MR) is 114 cm³/mol. The SMILES string of the molecule is CCc1ccc(N=C2NC(=O)/C(=C/c3cnc(NC(=O)CCC(=O)O)s3)S2)cc1. The average Bonchev–Trinajstić information content (AvgIpc) is 3.27. The fourth-order valence-electron chi connectivity index (χ4n) is 2.35. The lowest BCUT2D eigenvalue weighted by Crippen LogP contribution is -2.19. The average molecular weight is 431 g/mol. The minimum absolute atomic E-state index is 0.122. The molecule has 0 bridgehead atoms. The molecule has 3 rings (SSSR count). The number of thiazole rings is 1. The summed E-state index contributed by atoms with van der Waals surface area (Å²) in [6, 6.07) is 7.81. The molecule has 1 aromatic heterocycles. The standard InChI is InChI=1S/C19H18N4O4S2/c1-2-11-3-5-12(6-4-11)21-19-23-17(27)14(29-19)9-13-10-20-18(28-13)22-15(24)7-8-16(25)26/h3-6,9-10H,2,7-8H2,1H3,(H,25,26)(H,20,22,24)(H,21,23,27)/b14-9-. The van der Waals surface area contributed by atoms with Crippen molar-refractivity contribution in [1.82, 2.24) is 10.3 Å². The van der Waals surface area contributed by atoms with Crippen LogP contribution in [-0.2, 0) is 20.8 Å². The van der Waals surface area contributed by atoms with Crippen LogP contribution in [0.4, 0.5) is 10.8 Å². The van der Waals surface area contributed by atoms with Crippen LogP contribution in [0.5, 0.6) is 0 Å². The molecule has 0 aliphatic carbocycles. The molecule has 10 heteroatoms. The quantitative estimate of drug-likeness (QED) is 0.579. The Hall–Kier alpha value is -2.98. The topological polar surface area (TPSA) is 121 Å². The number of aliphatic imine (C=N–C) groups is 1. The van der Waals surface area contributed by atoms with Crippen molar-refractivity contribution in [2.75, 3.05) is 5.32 Å². The second-order valence-electron chi connectivity index (χ2n) is 6.01. The first-order valence-corrected chi connectivity index (χ1v) is 10.4. The Labute approximate surface area is 175 Å². The van der Waals surface area contributed by atoms with E-state index in [9.17, 15) is 14.4 Å². The molecule has 2 heterocycles. The summed E-state index contributed by atoms with van der Waals surface area (Å²) in [6.07, 6.45) is 3.80. The third-order valence-electron chi connectivity index (χ3n) is 3.84. The van der Waals surface area contributed by atoms with E-state index in [0.717, 1.165) is 12.1 Å². The number of amidine groups is 1. The highest BCUT2D eigenvalue weighted by Crippen LogP contribution is 2.30. The number of rotatable bonds is 7. The summed E-state index contributed by atoms with van der Waals surface area (Å²) in [5, 5.41) is 14.7. The second kappa shape index (κ2) is 9.48.